The molecule has 0 atom stereocenters. The lowest BCUT2D eigenvalue weighted by Crippen LogP contribution is -2.48. The van der Waals surface area contributed by atoms with Crippen LogP contribution in [0.4, 0.5) is 5.69 Å². The van der Waals surface area contributed by atoms with Crippen LogP contribution >= 0.6 is 11.6 Å². The zero-order valence-electron chi connectivity index (χ0n) is 14.2. The molecule has 0 saturated carbocycles. The lowest BCUT2D eigenvalue weighted by atomic mass is 10.2. The SMILES string of the molecule is COc1cccc(C=CC(=O)N2CCN(c3ccccc3Cl)CC2)c1. The molecule has 0 bridgehead atoms. The first-order chi connectivity index (χ1) is 12.2. The van der Waals surface area contributed by atoms with Crippen molar-refractivity contribution >= 4 is 29.3 Å². The number of benzene rings is 2. The van der Waals surface area contributed by atoms with Crippen LogP contribution < -0.4 is 9.64 Å². The Labute approximate surface area is 153 Å². The zero-order valence-corrected chi connectivity index (χ0v) is 14.9. The first-order valence-corrected chi connectivity index (χ1v) is 8.65. The van der Waals surface area contributed by atoms with E-state index in [9.17, 15) is 4.79 Å². The molecule has 5 heteroatoms. The Balaban J connectivity index is 1.58. The van der Waals surface area contributed by atoms with Crippen molar-refractivity contribution in [1.29, 1.82) is 0 Å². The van der Waals surface area contributed by atoms with Crippen molar-refractivity contribution in [2.24, 2.45) is 0 Å². The molecule has 25 heavy (non-hydrogen) atoms. The molecule has 1 aliphatic heterocycles. The fraction of sp³-hybridized carbons (Fsp3) is 0.250. The summed E-state index contributed by atoms with van der Waals surface area (Å²) in [5.74, 6) is 0.810. The lowest BCUT2D eigenvalue weighted by molar-refractivity contribution is -0.126. The second-order valence-corrected chi connectivity index (χ2v) is 6.28. The predicted octanol–water partition coefficient (Wildman–Crippen LogP) is 3.71. The standard InChI is InChI=1S/C20H21ClN2O2/c1-25-17-6-4-5-16(15-17)9-10-20(24)23-13-11-22(12-14-23)19-8-3-2-7-18(19)21/h2-10,15H,11-14H2,1H3. The van der Waals surface area contributed by atoms with Gasteiger partial charge in [0.15, 0.2) is 0 Å². The van der Waals surface area contributed by atoms with Gasteiger partial charge in [-0.3, -0.25) is 4.79 Å². The molecule has 0 aliphatic carbocycles. The highest BCUT2D eigenvalue weighted by atomic mass is 35.5. The maximum Gasteiger partial charge on any atom is 0.246 e. The maximum absolute atomic E-state index is 12.4. The number of piperazine rings is 1. The normalized spacial score (nSPS) is 14.8. The van der Waals surface area contributed by atoms with Gasteiger partial charge in [-0.15, -0.1) is 0 Å². The Morgan fingerprint density at radius 1 is 1.08 bits per heavy atom. The van der Waals surface area contributed by atoms with E-state index in [0.717, 1.165) is 35.1 Å². The van der Waals surface area contributed by atoms with Gasteiger partial charge < -0.3 is 14.5 Å². The number of carbonyl (C=O) groups excluding carboxylic acids is 1. The van der Waals surface area contributed by atoms with Crippen LogP contribution in [0, 0.1) is 0 Å². The smallest absolute Gasteiger partial charge is 0.246 e. The summed E-state index contributed by atoms with van der Waals surface area (Å²) in [6, 6.07) is 15.5. The van der Waals surface area contributed by atoms with E-state index >= 15 is 0 Å². The molecule has 0 N–H and O–H groups in total. The summed E-state index contributed by atoms with van der Waals surface area (Å²) in [7, 11) is 1.63. The number of halogens is 1. The zero-order chi connectivity index (χ0) is 17.6. The molecule has 130 valence electrons. The summed E-state index contributed by atoms with van der Waals surface area (Å²) in [6.07, 6.45) is 3.45. The number of anilines is 1. The first kappa shape index (κ1) is 17.4. The number of nitrogens with zero attached hydrogens (tertiary/aromatic N) is 2. The van der Waals surface area contributed by atoms with E-state index in [4.69, 9.17) is 16.3 Å². The van der Waals surface area contributed by atoms with Crippen LogP contribution in [0.3, 0.4) is 0 Å². The van der Waals surface area contributed by atoms with Crippen LogP contribution in [-0.4, -0.2) is 44.1 Å². The van der Waals surface area contributed by atoms with Crippen molar-refractivity contribution in [2.75, 3.05) is 38.2 Å². The van der Waals surface area contributed by atoms with E-state index in [1.807, 2.05) is 59.5 Å². The number of ether oxygens (including phenoxy) is 1. The number of carbonyl (C=O) groups is 1. The number of hydrogen-bond acceptors (Lipinski definition) is 3. The topological polar surface area (TPSA) is 32.8 Å². The maximum atomic E-state index is 12.4. The number of hydrogen-bond donors (Lipinski definition) is 0. The molecular weight excluding hydrogens is 336 g/mol. The van der Waals surface area contributed by atoms with Crippen LogP contribution in [0.1, 0.15) is 5.56 Å². The number of amides is 1. The van der Waals surface area contributed by atoms with Crippen molar-refractivity contribution < 1.29 is 9.53 Å². The second-order valence-electron chi connectivity index (χ2n) is 5.87. The van der Waals surface area contributed by atoms with Gasteiger partial charge in [0, 0.05) is 32.3 Å². The minimum Gasteiger partial charge on any atom is -0.497 e. The molecule has 4 nitrogen and oxygen atoms in total. The van der Waals surface area contributed by atoms with Gasteiger partial charge in [0.25, 0.3) is 0 Å². The molecule has 0 aromatic heterocycles. The Hall–Kier alpha value is -2.46. The van der Waals surface area contributed by atoms with Crippen LogP contribution in [0.25, 0.3) is 6.08 Å². The average molecular weight is 357 g/mol. The molecule has 1 heterocycles. The van der Waals surface area contributed by atoms with Crippen LogP contribution in [0.5, 0.6) is 5.75 Å². The third-order valence-corrected chi connectivity index (χ3v) is 4.62. The number of rotatable bonds is 4. The predicted molar refractivity (Wildman–Crippen MR) is 102 cm³/mol. The van der Waals surface area contributed by atoms with Crippen molar-refractivity contribution in [1.82, 2.24) is 4.90 Å². The van der Waals surface area contributed by atoms with E-state index in [0.29, 0.717) is 13.1 Å². The molecule has 3 rings (SSSR count). The van der Waals surface area contributed by atoms with Gasteiger partial charge in [0.2, 0.25) is 5.91 Å². The van der Waals surface area contributed by atoms with Gasteiger partial charge in [-0.2, -0.15) is 0 Å². The van der Waals surface area contributed by atoms with Crippen LogP contribution in [0.2, 0.25) is 5.02 Å². The monoisotopic (exact) mass is 356 g/mol. The quantitative estimate of drug-likeness (QED) is 0.783. The van der Waals surface area contributed by atoms with Crippen molar-refractivity contribution in [3.05, 3.63) is 65.2 Å². The van der Waals surface area contributed by atoms with Crippen molar-refractivity contribution in [3.8, 4) is 5.75 Å². The third-order valence-electron chi connectivity index (χ3n) is 4.30. The minimum atomic E-state index is 0.0293. The highest BCUT2D eigenvalue weighted by Gasteiger charge is 2.20. The van der Waals surface area contributed by atoms with E-state index in [-0.39, 0.29) is 5.91 Å². The number of methoxy groups -OCH3 is 1. The van der Waals surface area contributed by atoms with E-state index in [2.05, 4.69) is 4.90 Å². The molecule has 2 aromatic carbocycles. The van der Waals surface area contributed by atoms with Crippen molar-refractivity contribution in [2.45, 2.75) is 0 Å². The summed E-state index contributed by atoms with van der Waals surface area (Å²) in [4.78, 5) is 16.5. The summed E-state index contributed by atoms with van der Waals surface area (Å²) in [5.41, 5.74) is 1.98. The summed E-state index contributed by atoms with van der Waals surface area (Å²) in [6.45, 7) is 2.93. The lowest BCUT2D eigenvalue weighted by Gasteiger charge is -2.36. The summed E-state index contributed by atoms with van der Waals surface area (Å²) >= 11 is 6.26. The van der Waals surface area contributed by atoms with E-state index < -0.39 is 0 Å². The summed E-state index contributed by atoms with van der Waals surface area (Å²) < 4.78 is 5.20. The van der Waals surface area contributed by atoms with Gasteiger partial charge in [-0.1, -0.05) is 35.9 Å². The number of para-hydroxylation sites is 1. The fourth-order valence-corrected chi connectivity index (χ4v) is 3.15. The molecule has 1 aliphatic rings. The molecular formula is C20H21ClN2O2. The van der Waals surface area contributed by atoms with Crippen LogP contribution in [0.15, 0.2) is 54.6 Å². The largest absolute Gasteiger partial charge is 0.497 e. The molecule has 0 unspecified atom stereocenters. The molecule has 1 saturated heterocycles. The van der Waals surface area contributed by atoms with Crippen LogP contribution in [-0.2, 0) is 4.79 Å². The van der Waals surface area contributed by atoms with Gasteiger partial charge in [0.05, 0.1) is 17.8 Å². The van der Waals surface area contributed by atoms with Gasteiger partial charge in [0.1, 0.15) is 5.75 Å². The molecule has 0 radical (unpaired) electrons. The van der Waals surface area contributed by atoms with Crippen molar-refractivity contribution in [3.63, 3.8) is 0 Å². The van der Waals surface area contributed by atoms with Gasteiger partial charge in [-0.25, -0.2) is 0 Å². The Kier molecular flexibility index (Phi) is 5.61. The average Bonchev–Trinajstić information content (AvgIpc) is 2.67. The molecule has 2 aromatic rings. The van der Waals surface area contributed by atoms with Gasteiger partial charge >= 0.3 is 0 Å². The van der Waals surface area contributed by atoms with E-state index in [1.165, 1.54) is 0 Å². The second kappa shape index (κ2) is 8.08. The molecule has 1 amide bonds. The summed E-state index contributed by atoms with van der Waals surface area (Å²) in [5, 5.41) is 0.750. The fourth-order valence-electron chi connectivity index (χ4n) is 2.89. The highest BCUT2D eigenvalue weighted by molar-refractivity contribution is 6.33. The first-order valence-electron chi connectivity index (χ1n) is 8.28. The Morgan fingerprint density at radius 2 is 1.84 bits per heavy atom. The van der Waals surface area contributed by atoms with E-state index in [1.54, 1.807) is 13.2 Å². The highest BCUT2D eigenvalue weighted by Crippen LogP contribution is 2.26. The molecule has 1 fully saturated rings. The van der Waals surface area contributed by atoms with Gasteiger partial charge in [-0.05, 0) is 35.9 Å². The minimum absolute atomic E-state index is 0.0293. The molecule has 0 spiro atoms. The third kappa shape index (κ3) is 4.34. The Morgan fingerprint density at radius 3 is 2.56 bits per heavy atom. The Bertz CT molecular complexity index is 768.